The van der Waals surface area contributed by atoms with Crippen LogP contribution in [-0.2, 0) is 4.84 Å². The maximum absolute atomic E-state index is 12.1. The molecule has 0 saturated carbocycles. The SMILES string of the molecule is C/C=C(\O/N=C(\N)C(C)C)C(F)(F)F. The van der Waals surface area contributed by atoms with E-state index in [-0.39, 0.29) is 11.8 Å². The van der Waals surface area contributed by atoms with Crippen LogP contribution in [0.2, 0.25) is 0 Å². The summed E-state index contributed by atoms with van der Waals surface area (Å²) in [6, 6.07) is 0. The normalized spacial score (nSPS) is 14.8. The topological polar surface area (TPSA) is 47.6 Å². The van der Waals surface area contributed by atoms with E-state index in [1.807, 2.05) is 0 Å². The predicted octanol–water partition coefficient (Wildman–Crippen LogP) is 2.40. The number of alkyl halides is 3. The Morgan fingerprint density at radius 3 is 2.21 bits per heavy atom. The van der Waals surface area contributed by atoms with Crippen molar-refractivity contribution in [3.8, 4) is 0 Å². The average Bonchev–Trinajstić information content (AvgIpc) is 2.02. The number of nitrogens with zero attached hydrogens (tertiary/aromatic N) is 1. The first-order valence-corrected chi connectivity index (χ1v) is 4.03. The molecule has 0 radical (unpaired) electrons. The Labute approximate surface area is 80.4 Å². The highest BCUT2D eigenvalue weighted by molar-refractivity contribution is 5.81. The van der Waals surface area contributed by atoms with Gasteiger partial charge in [-0.3, -0.25) is 0 Å². The smallest absolute Gasteiger partial charge is 0.384 e. The monoisotopic (exact) mass is 210 g/mol. The van der Waals surface area contributed by atoms with Crippen molar-refractivity contribution >= 4 is 5.84 Å². The second kappa shape index (κ2) is 4.88. The van der Waals surface area contributed by atoms with E-state index >= 15 is 0 Å². The number of rotatable bonds is 3. The molecule has 0 bridgehead atoms. The lowest BCUT2D eigenvalue weighted by molar-refractivity contribution is -0.131. The van der Waals surface area contributed by atoms with Gasteiger partial charge in [0.05, 0.1) is 0 Å². The maximum Gasteiger partial charge on any atom is 0.451 e. The molecule has 6 heteroatoms. The summed E-state index contributed by atoms with van der Waals surface area (Å²) in [5.74, 6) is -1.30. The highest BCUT2D eigenvalue weighted by Gasteiger charge is 2.36. The summed E-state index contributed by atoms with van der Waals surface area (Å²) in [6.45, 7) is 4.61. The van der Waals surface area contributed by atoms with Crippen LogP contribution in [0.4, 0.5) is 13.2 Å². The van der Waals surface area contributed by atoms with E-state index in [0.717, 1.165) is 6.08 Å². The Bertz CT molecular complexity index is 243. The number of oxime groups is 1. The zero-order valence-electron chi connectivity index (χ0n) is 8.22. The van der Waals surface area contributed by atoms with Gasteiger partial charge in [-0.15, -0.1) is 0 Å². The number of halogens is 3. The van der Waals surface area contributed by atoms with Crippen LogP contribution in [0.1, 0.15) is 20.8 Å². The van der Waals surface area contributed by atoms with Gasteiger partial charge in [0.2, 0.25) is 5.76 Å². The summed E-state index contributed by atoms with van der Waals surface area (Å²) in [5.41, 5.74) is 5.29. The molecule has 0 fully saturated rings. The molecule has 2 N–H and O–H groups in total. The second-order valence-electron chi connectivity index (χ2n) is 2.91. The lowest BCUT2D eigenvalue weighted by Gasteiger charge is -2.09. The number of hydrogen-bond donors (Lipinski definition) is 1. The molecule has 0 aliphatic carbocycles. The Morgan fingerprint density at radius 2 is 1.93 bits per heavy atom. The van der Waals surface area contributed by atoms with E-state index in [1.54, 1.807) is 13.8 Å². The van der Waals surface area contributed by atoms with Crippen molar-refractivity contribution < 1.29 is 18.0 Å². The van der Waals surface area contributed by atoms with Crippen LogP contribution in [0, 0.1) is 5.92 Å². The van der Waals surface area contributed by atoms with Gasteiger partial charge in [0.15, 0.2) is 0 Å². The first kappa shape index (κ1) is 12.8. The highest BCUT2D eigenvalue weighted by atomic mass is 19.4. The quantitative estimate of drug-likeness (QED) is 0.336. The molecule has 0 atom stereocenters. The average molecular weight is 210 g/mol. The van der Waals surface area contributed by atoms with Gasteiger partial charge in [0, 0.05) is 5.92 Å². The van der Waals surface area contributed by atoms with Gasteiger partial charge in [-0.05, 0) is 13.0 Å². The largest absolute Gasteiger partial charge is 0.451 e. The summed E-state index contributed by atoms with van der Waals surface area (Å²) >= 11 is 0. The first-order chi connectivity index (χ1) is 6.29. The van der Waals surface area contributed by atoms with Crippen LogP contribution in [0.3, 0.4) is 0 Å². The molecule has 0 saturated heterocycles. The molecular formula is C8H13F3N2O. The minimum atomic E-state index is -4.53. The third-order valence-corrected chi connectivity index (χ3v) is 1.38. The molecule has 82 valence electrons. The van der Waals surface area contributed by atoms with E-state index < -0.39 is 11.9 Å². The lowest BCUT2D eigenvalue weighted by atomic mass is 10.2. The lowest BCUT2D eigenvalue weighted by Crippen LogP contribution is -2.20. The van der Waals surface area contributed by atoms with Gasteiger partial charge in [-0.1, -0.05) is 19.0 Å². The van der Waals surface area contributed by atoms with Crippen molar-refractivity contribution in [1.82, 2.24) is 0 Å². The zero-order chi connectivity index (χ0) is 11.4. The van der Waals surface area contributed by atoms with Gasteiger partial charge in [0.1, 0.15) is 5.84 Å². The highest BCUT2D eigenvalue weighted by Crippen LogP contribution is 2.26. The molecule has 0 aromatic heterocycles. The van der Waals surface area contributed by atoms with Crippen LogP contribution >= 0.6 is 0 Å². The molecule has 0 spiro atoms. The molecule has 0 rings (SSSR count). The number of hydrogen-bond acceptors (Lipinski definition) is 2. The van der Waals surface area contributed by atoms with Crippen LogP contribution in [0.15, 0.2) is 17.0 Å². The first-order valence-electron chi connectivity index (χ1n) is 4.03. The zero-order valence-corrected chi connectivity index (χ0v) is 8.22. The fraction of sp³-hybridized carbons (Fsp3) is 0.625. The molecule has 0 aliphatic rings. The van der Waals surface area contributed by atoms with Crippen molar-refractivity contribution in [3.05, 3.63) is 11.8 Å². The minimum absolute atomic E-state index is 0.0219. The Balaban J connectivity index is 4.46. The predicted molar refractivity (Wildman–Crippen MR) is 47.4 cm³/mol. The molecule has 0 aromatic carbocycles. The van der Waals surface area contributed by atoms with E-state index in [4.69, 9.17) is 5.73 Å². The second-order valence-corrected chi connectivity index (χ2v) is 2.91. The van der Waals surface area contributed by atoms with E-state index in [0.29, 0.717) is 0 Å². The van der Waals surface area contributed by atoms with Crippen molar-refractivity contribution in [2.24, 2.45) is 16.8 Å². The minimum Gasteiger partial charge on any atom is -0.384 e. The molecule has 0 aliphatic heterocycles. The fourth-order valence-corrected chi connectivity index (χ4v) is 0.475. The number of allylic oxidation sites excluding steroid dienone is 2. The van der Waals surface area contributed by atoms with E-state index in [2.05, 4.69) is 9.99 Å². The fourth-order valence-electron chi connectivity index (χ4n) is 0.475. The van der Waals surface area contributed by atoms with Crippen molar-refractivity contribution in [2.75, 3.05) is 0 Å². The molecular weight excluding hydrogens is 197 g/mol. The van der Waals surface area contributed by atoms with Gasteiger partial charge in [-0.2, -0.15) is 13.2 Å². The summed E-state index contributed by atoms with van der Waals surface area (Å²) < 4.78 is 36.2. The van der Waals surface area contributed by atoms with E-state index in [1.165, 1.54) is 6.92 Å². The van der Waals surface area contributed by atoms with Crippen LogP contribution < -0.4 is 5.73 Å². The van der Waals surface area contributed by atoms with Crippen LogP contribution in [-0.4, -0.2) is 12.0 Å². The van der Waals surface area contributed by atoms with Gasteiger partial charge in [-0.25, -0.2) is 0 Å². The Kier molecular flexibility index (Phi) is 4.46. The van der Waals surface area contributed by atoms with E-state index in [9.17, 15) is 13.2 Å². The number of amidine groups is 1. The molecule has 0 heterocycles. The summed E-state index contributed by atoms with van der Waals surface area (Å²) in [4.78, 5) is 4.18. The molecule has 3 nitrogen and oxygen atoms in total. The third-order valence-electron chi connectivity index (χ3n) is 1.38. The standard InChI is InChI=1S/C8H13F3N2O/c1-4-6(8(9,10)11)14-13-7(12)5(2)3/h4-5H,1-3H3,(H2,12,13)/b6-4-. The van der Waals surface area contributed by atoms with Gasteiger partial charge >= 0.3 is 6.18 Å². The van der Waals surface area contributed by atoms with Gasteiger partial charge < -0.3 is 10.6 Å². The Morgan fingerprint density at radius 1 is 1.43 bits per heavy atom. The van der Waals surface area contributed by atoms with Crippen molar-refractivity contribution in [1.29, 1.82) is 0 Å². The van der Waals surface area contributed by atoms with Crippen LogP contribution in [0.5, 0.6) is 0 Å². The summed E-state index contributed by atoms with van der Waals surface area (Å²) in [5, 5.41) is 3.17. The molecule has 0 aromatic rings. The van der Waals surface area contributed by atoms with Gasteiger partial charge in [0.25, 0.3) is 0 Å². The summed E-state index contributed by atoms with van der Waals surface area (Å²) in [6.07, 6.45) is -3.74. The van der Waals surface area contributed by atoms with Crippen molar-refractivity contribution in [2.45, 2.75) is 26.9 Å². The third kappa shape index (κ3) is 4.15. The molecule has 14 heavy (non-hydrogen) atoms. The summed E-state index contributed by atoms with van der Waals surface area (Å²) in [7, 11) is 0. The Hall–Kier alpha value is -1.20. The van der Waals surface area contributed by atoms with Crippen molar-refractivity contribution in [3.63, 3.8) is 0 Å². The number of nitrogens with two attached hydrogens (primary N) is 1. The molecule has 0 unspecified atom stereocenters. The molecule has 0 amide bonds. The van der Waals surface area contributed by atoms with Crippen LogP contribution in [0.25, 0.3) is 0 Å². The maximum atomic E-state index is 12.1.